The second-order valence-electron chi connectivity index (χ2n) is 7.81. The number of hydrogen-bond donors (Lipinski definition) is 1. The molecule has 0 saturated carbocycles. The molecule has 2 aromatic heterocycles. The summed E-state index contributed by atoms with van der Waals surface area (Å²) in [6, 6.07) is 10.6. The van der Waals surface area contributed by atoms with E-state index in [9.17, 15) is 14.4 Å². The lowest BCUT2D eigenvalue weighted by molar-refractivity contribution is -0.118. The van der Waals surface area contributed by atoms with Crippen molar-refractivity contribution in [2.45, 2.75) is 20.8 Å². The number of nitrogens with one attached hydrogen (secondary N) is 1. The zero-order valence-corrected chi connectivity index (χ0v) is 20.9. The van der Waals surface area contributed by atoms with Crippen molar-refractivity contribution in [3.05, 3.63) is 73.3 Å². The van der Waals surface area contributed by atoms with Gasteiger partial charge in [0, 0.05) is 10.6 Å². The minimum absolute atomic E-state index is 0.109. The van der Waals surface area contributed by atoms with Crippen LogP contribution in [0.4, 0.5) is 5.13 Å². The first-order valence-corrected chi connectivity index (χ1v) is 11.7. The summed E-state index contributed by atoms with van der Waals surface area (Å²) in [7, 11) is 1.27. The van der Waals surface area contributed by atoms with Gasteiger partial charge in [0.2, 0.25) is 11.2 Å². The SMILES string of the molecule is COC(=O)c1sc(NC(=O)COc2c(-c3ccc(C)cc3)oc3cc(C)c(Cl)cc3c2=O)nc1C. The van der Waals surface area contributed by atoms with E-state index in [-0.39, 0.29) is 26.9 Å². The number of carbonyl (C=O) groups is 2. The topological polar surface area (TPSA) is 108 Å². The number of rotatable bonds is 6. The highest BCUT2D eigenvalue weighted by atomic mass is 35.5. The molecule has 8 nitrogen and oxygen atoms in total. The summed E-state index contributed by atoms with van der Waals surface area (Å²) < 4.78 is 16.5. The van der Waals surface area contributed by atoms with Gasteiger partial charge in [-0.1, -0.05) is 52.8 Å². The first-order chi connectivity index (χ1) is 16.7. The first-order valence-electron chi connectivity index (χ1n) is 10.5. The first kappa shape index (κ1) is 24.4. The molecule has 180 valence electrons. The average Bonchev–Trinajstić information content (AvgIpc) is 3.19. The monoisotopic (exact) mass is 512 g/mol. The maximum absolute atomic E-state index is 13.3. The molecule has 0 unspecified atom stereocenters. The fourth-order valence-electron chi connectivity index (χ4n) is 3.35. The number of thiazole rings is 1. The number of methoxy groups -OCH3 is 1. The molecule has 10 heteroatoms. The Morgan fingerprint density at radius 3 is 2.54 bits per heavy atom. The van der Waals surface area contributed by atoms with Crippen molar-refractivity contribution in [2.75, 3.05) is 19.0 Å². The summed E-state index contributed by atoms with van der Waals surface area (Å²) in [6.45, 7) is 4.91. The summed E-state index contributed by atoms with van der Waals surface area (Å²) >= 11 is 7.21. The summed E-state index contributed by atoms with van der Waals surface area (Å²) in [5.74, 6) is -1.01. The van der Waals surface area contributed by atoms with Gasteiger partial charge in [-0.25, -0.2) is 9.78 Å². The molecule has 0 aliphatic rings. The number of fused-ring (bicyclic) bond motifs is 1. The van der Waals surface area contributed by atoms with E-state index in [1.165, 1.54) is 13.2 Å². The summed E-state index contributed by atoms with van der Waals surface area (Å²) in [5.41, 5.74) is 2.76. The molecule has 2 aromatic carbocycles. The molecule has 0 atom stereocenters. The largest absolute Gasteiger partial charge is 0.476 e. The second kappa shape index (κ2) is 9.89. The highest BCUT2D eigenvalue weighted by Gasteiger charge is 2.21. The van der Waals surface area contributed by atoms with Gasteiger partial charge < -0.3 is 13.9 Å². The number of aromatic nitrogens is 1. The summed E-state index contributed by atoms with van der Waals surface area (Å²) in [4.78, 5) is 42.1. The van der Waals surface area contributed by atoms with Gasteiger partial charge in [0.1, 0.15) is 10.5 Å². The fraction of sp³-hybridized carbons (Fsp3) is 0.200. The molecule has 35 heavy (non-hydrogen) atoms. The van der Waals surface area contributed by atoms with E-state index in [1.807, 2.05) is 38.1 Å². The van der Waals surface area contributed by atoms with E-state index in [1.54, 1.807) is 13.0 Å². The van der Waals surface area contributed by atoms with Crippen molar-refractivity contribution in [3.63, 3.8) is 0 Å². The van der Waals surface area contributed by atoms with Crippen LogP contribution in [-0.2, 0) is 9.53 Å². The van der Waals surface area contributed by atoms with E-state index in [2.05, 4.69) is 10.3 Å². The number of ether oxygens (including phenoxy) is 2. The van der Waals surface area contributed by atoms with Crippen LogP contribution >= 0.6 is 22.9 Å². The van der Waals surface area contributed by atoms with Gasteiger partial charge in [-0.15, -0.1) is 0 Å². The molecule has 0 saturated heterocycles. The number of aryl methyl sites for hydroxylation is 3. The number of carbonyl (C=O) groups excluding carboxylic acids is 2. The predicted molar refractivity (Wildman–Crippen MR) is 135 cm³/mol. The highest BCUT2D eigenvalue weighted by molar-refractivity contribution is 7.17. The van der Waals surface area contributed by atoms with E-state index < -0.39 is 23.9 Å². The molecular weight excluding hydrogens is 492 g/mol. The van der Waals surface area contributed by atoms with Gasteiger partial charge in [-0.3, -0.25) is 14.9 Å². The smallest absolute Gasteiger partial charge is 0.350 e. The third-order valence-corrected chi connectivity index (χ3v) is 6.67. The Labute approximate surface area is 209 Å². The Bertz CT molecular complexity index is 1510. The van der Waals surface area contributed by atoms with E-state index in [4.69, 9.17) is 25.5 Å². The van der Waals surface area contributed by atoms with Crippen molar-refractivity contribution >= 4 is 50.9 Å². The second-order valence-corrected chi connectivity index (χ2v) is 9.22. The Hall–Kier alpha value is -3.69. The van der Waals surface area contributed by atoms with Crippen LogP contribution < -0.4 is 15.5 Å². The van der Waals surface area contributed by atoms with Crippen LogP contribution in [0.15, 0.2) is 45.6 Å². The summed E-state index contributed by atoms with van der Waals surface area (Å²) in [6.07, 6.45) is 0. The number of halogens is 1. The summed E-state index contributed by atoms with van der Waals surface area (Å²) in [5, 5.41) is 3.44. The lowest BCUT2D eigenvalue weighted by Crippen LogP contribution is -2.22. The van der Waals surface area contributed by atoms with E-state index in [0.717, 1.165) is 22.5 Å². The molecule has 0 radical (unpaired) electrons. The lowest BCUT2D eigenvalue weighted by Gasteiger charge is -2.12. The van der Waals surface area contributed by atoms with Crippen LogP contribution in [0.3, 0.4) is 0 Å². The minimum Gasteiger partial charge on any atom is -0.476 e. The van der Waals surface area contributed by atoms with Gasteiger partial charge >= 0.3 is 5.97 Å². The van der Waals surface area contributed by atoms with Gasteiger partial charge in [-0.05, 0) is 38.5 Å². The van der Waals surface area contributed by atoms with Crippen molar-refractivity contribution in [1.29, 1.82) is 0 Å². The van der Waals surface area contributed by atoms with E-state index >= 15 is 0 Å². The molecule has 0 fully saturated rings. The Morgan fingerprint density at radius 1 is 1.14 bits per heavy atom. The van der Waals surface area contributed by atoms with Crippen LogP contribution in [0.1, 0.15) is 26.5 Å². The molecule has 4 rings (SSSR count). The Balaban J connectivity index is 1.66. The fourth-order valence-corrected chi connectivity index (χ4v) is 4.41. The number of hydrogen-bond acceptors (Lipinski definition) is 8. The minimum atomic E-state index is -0.563. The zero-order valence-electron chi connectivity index (χ0n) is 19.4. The quantitative estimate of drug-likeness (QED) is 0.349. The molecule has 4 aromatic rings. The molecule has 1 N–H and O–H groups in total. The maximum atomic E-state index is 13.3. The van der Waals surface area contributed by atoms with Gasteiger partial charge in [0.15, 0.2) is 17.5 Å². The zero-order chi connectivity index (χ0) is 25.3. The molecule has 0 aliphatic carbocycles. The normalized spacial score (nSPS) is 10.9. The third kappa shape index (κ3) is 5.06. The van der Waals surface area contributed by atoms with Crippen molar-refractivity contribution in [2.24, 2.45) is 0 Å². The van der Waals surface area contributed by atoms with Crippen LogP contribution in [0.2, 0.25) is 5.02 Å². The van der Waals surface area contributed by atoms with E-state index in [0.29, 0.717) is 21.9 Å². The molecule has 0 bridgehead atoms. The molecule has 0 aliphatic heterocycles. The highest BCUT2D eigenvalue weighted by Crippen LogP contribution is 2.33. The average molecular weight is 513 g/mol. The van der Waals surface area contributed by atoms with Gasteiger partial charge in [0.25, 0.3) is 5.91 Å². The molecule has 2 heterocycles. The third-order valence-electron chi connectivity index (χ3n) is 5.21. The van der Waals surface area contributed by atoms with Crippen LogP contribution in [0.5, 0.6) is 5.75 Å². The predicted octanol–water partition coefficient (Wildman–Crippen LogP) is 5.30. The number of anilines is 1. The number of esters is 1. The van der Waals surface area contributed by atoms with Crippen molar-refractivity contribution in [1.82, 2.24) is 4.98 Å². The Morgan fingerprint density at radius 2 is 1.86 bits per heavy atom. The lowest BCUT2D eigenvalue weighted by atomic mass is 10.1. The van der Waals surface area contributed by atoms with Crippen molar-refractivity contribution < 1.29 is 23.5 Å². The van der Waals surface area contributed by atoms with Crippen LogP contribution in [0, 0.1) is 20.8 Å². The molecule has 1 amide bonds. The maximum Gasteiger partial charge on any atom is 0.350 e. The number of nitrogens with zero attached hydrogens (tertiary/aromatic N) is 1. The van der Waals surface area contributed by atoms with Crippen molar-refractivity contribution in [3.8, 4) is 17.1 Å². The standard InChI is InChI=1S/C25H21ClN2O6S/c1-12-5-7-15(8-6-12)21-22(20(30)16-10-17(26)13(2)9-18(16)34-21)33-11-19(29)28-25-27-14(3)23(35-25)24(31)32-4/h5-10H,11H2,1-4H3,(H,27,28,29). The Kier molecular flexibility index (Phi) is 6.90. The molecular formula is C25H21ClN2O6S. The van der Waals surface area contributed by atoms with Gasteiger partial charge in [0.05, 0.1) is 18.2 Å². The van der Waals surface area contributed by atoms with Gasteiger partial charge in [-0.2, -0.15) is 0 Å². The number of benzene rings is 2. The number of amides is 1. The van der Waals surface area contributed by atoms with Crippen LogP contribution in [0.25, 0.3) is 22.3 Å². The molecule has 0 spiro atoms. The van der Waals surface area contributed by atoms with Crippen LogP contribution in [-0.4, -0.2) is 30.6 Å².